The van der Waals surface area contributed by atoms with E-state index in [2.05, 4.69) is 11.2 Å². The third kappa shape index (κ3) is 1.09. The van der Waals surface area contributed by atoms with Crippen LogP contribution >= 0.6 is 0 Å². The monoisotopic (exact) mass is 127 g/mol. The molecule has 2 nitrogen and oxygen atoms in total. The Bertz CT molecular complexity index is 185. The van der Waals surface area contributed by atoms with Crippen molar-refractivity contribution >= 4 is 0 Å². The Hall–Kier alpha value is -0.860. The Balaban J connectivity index is 2.98. The van der Waals surface area contributed by atoms with Gasteiger partial charge < -0.3 is 0 Å². The minimum absolute atomic E-state index is 0.396. The quantitative estimate of drug-likeness (QED) is 0.548. The highest BCUT2D eigenvalue weighted by Gasteiger charge is 2.00. The van der Waals surface area contributed by atoms with Gasteiger partial charge in [-0.25, -0.2) is 4.68 Å². The van der Waals surface area contributed by atoms with Crippen LogP contribution < -0.4 is 0 Å². The van der Waals surface area contributed by atoms with Crippen molar-refractivity contribution < 1.29 is 4.39 Å². The summed E-state index contributed by atoms with van der Waals surface area (Å²) >= 11 is 0. The Labute approximate surface area is 53.3 Å². The van der Waals surface area contributed by atoms with Crippen LogP contribution in [0.3, 0.4) is 0 Å². The van der Waals surface area contributed by atoms with E-state index in [4.69, 9.17) is 0 Å². The molecule has 1 radical (unpaired) electrons. The number of hydrogen-bond acceptors (Lipinski definition) is 1. The highest BCUT2D eigenvalue weighted by molar-refractivity contribution is 4.96. The summed E-state index contributed by atoms with van der Waals surface area (Å²) in [5.41, 5.74) is 0.676. The van der Waals surface area contributed by atoms with Crippen molar-refractivity contribution in [2.75, 3.05) is 0 Å². The highest BCUT2D eigenvalue weighted by atomic mass is 19.1. The average molecular weight is 127 g/mol. The summed E-state index contributed by atoms with van der Waals surface area (Å²) < 4.78 is 13.6. The van der Waals surface area contributed by atoms with Crippen LogP contribution in [0.1, 0.15) is 12.6 Å². The normalized spacial score (nSPS) is 10.1. The molecule has 0 aromatic carbocycles. The van der Waals surface area contributed by atoms with E-state index in [0.29, 0.717) is 5.69 Å². The van der Waals surface area contributed by atoms with E-state index in [1.54, 1.807) is 7.05 Å². The zero-order valence-electron chi connectivity index (χ0n) is 5.48. The van der Waals surface area contributed by atoms with Crippen LogP contribution in [0.5, 0.6) is 0 Å². The summed E-state index contributed by atoms with van der Waals surface area (Å²) in [6.07, 6.45) is 0.734. The summed E-state index contributed by atoms with van der Waals surface area (Å²) in [4.78, 5) is 0. The van der Waals surface area contributed by atoms with Gasteiger partial charge in [-0.2, -0.15) is 9.49 Å². The van der Waals surface area contributed by atoms with Crippen LogP contribution in [0.25, 0.3) is 0 Å². The van der Waals surface area contributed by atoms with E-state index in [9.17, 15) is 4.39 Å². The van der Waals surface area contributed by atoms with Crippen LogP contribution in [-0.2, 0) is 13.5 Å². The Morgan fingerprint density at radius 1 is 1.78 bits per heavy atom. The molecule has 0 amide bonds. The molecule has 1 aromatic heterocycles. The lowest BCUT2D eigenvalue weighted by Gasteiger charge is -1.84. The second-order valence-corrected chi connectivity index (χ2v) is 1.84. The van der Waals surface area contributed by atoms with Crippen LogP contribution in [0.2, 0.25) is 0 Å². The fourth-order valence-corrected chi connectivity index (χ4v) is 0.609. The number of aromatic nitrogens is 2. The van der Waals surface area contributed by atoms with Crippen molar-refractivity contribution in [1.82, 2.24) is 9.78 Å². The second kappa shape index (κ2) is 2.17. The van der Waals surface area contributed by atoms with Crippen molar-refractivity contribution in [2.45, 2.75) is 13.3 Å². The topological polar surface area (TPSA) is 17.8 Å². The average Bonchev–Trinajstić information content (AvgIpc) is 2.13. The standard InChI is InChI=1S/C6H8FN2/c1-3-5-4-6(7)9(2)8-5/h3H2,1-2H3. The summed E-state index contributed by atoms with van der Waals surface area (Å²) in [6, 6.07) is 2.48. The van der Waals surface area contributed by atoms with Crippen molar-refractivity contribution in [3.63, 3.8) is 0 Å². The number of nitrogens with zero attached hydrogens (tertiary/aromatic N) is 2. The number of aryl methyl sites for hydroxylation is 2. The van der Waals surface area contributed by atoms with Crippen LogP contribution in [0, 0.1) is 12.0 Å². The third-order valence-electron chi connectivity index (χ3n) is 1.14. The molecule has 9 heavy (non-hydrogen) atoms. The first-order valence-corrected chi connectivity index (χ1v) is 2.84. The molecule has 0 aliphatic heterocycles. The van der Waals surface area contributed by atoms with E-state index in [1.165, 1.54) is 4.68 Å². The Morgan fingerprint density at radius 3 is 2.67 bits per heavy atom. The maximum atomic E-state index is 12.4. The van der Waals surface area contributed by atoms with Gasteiger partial charge in [0, 0.05) is 7.05 Å². The summed E-state index contributed by atoms with van der Waals surface area (Å²) in [5.74, 6) is -0.396. The van der Waals surface area contributed by atoms with Crippen molar-refractivity contribution in [3.05, 3.63) is 17.7 Å². The minimum Gasteiger partial charge on any atom is -0.242 e. The van der Waals surface area contributed by atoms with Gasteiger partial charge in [0.2, 0.25) is 5.95 Å². The summed E-state index contributed by atoms with van der Waals surface area (Å²) in [5, 5.41) is 3.81. The molecule has 0 spiro atoms. The SMILES string of the molecule is CCc1[c]c(F)n(C)n1. The van der Waals surface area contributed by atoms with E-state index >= 15 is 0 Å². The Kier molecular flexibility index (Phi) is 1.51. The van der Waals surface area contributed by atoms with Crippen LogP contribution in [0.15, 0.2) is 0 Å². The third-order valence-corrected chi connectivity index (χ3v) is 1.14. The lowest BCUT2D eigenvalue weighted by Crippen LogP contribution is -1.93. The van der Waals surface area contributed by atoms with Gasteiger partial charge in [-0.1, -0.05) is 6.92 Å². The molecule has 1 heterocycles. The number of rotatable bonds is 1. The fraction of sp³-hybridized carbons (Fsp3) is 0.500. The van der Waals surface area contributed by atoms with Gasteiger partial charge in [0.25, 0.3) is 0 Å². The predicted molar refractivity (Wildman–Crippen MR) is 31.4 cm³/mol. The molecule has 0 N–H and O–H groups in total. The van der Waals surface area contributed by atoms with Gasteiger partial charge in [0.1, 0.15) is 0 Å². The highest BCUT2D eigenvalue weighted by Crippen LogP contribution is 1.98. The van der Waals surface area contributed by atoms with Crippen molar-refractivity contribution in [2.24, 2.45) is 7.05 Å². The van der Waals surface area contributed by atoms with E-state index in [0.717, 1.165) is 6.42 Å². The Morgan fingerprint density at radius 2 is 2.44 bits per heavy atom. The van der Waals surface area contributed by atoms with Crippen molar-refractivity contribution in [1.29, 1.82) is 0 Å². The molecule has 0 atom stereocenters. The molecule has 0 aliphatic carbocycles. The lowest BCUT2D eigenvalue weighted by molar-refractivity contribution is 0.502. The van der Waals surface area contributed by atoms with Gasteiger partial charge in [-0.3, -0.25) is 0 Å². The van der Waals surface area contributed by atoms with Crippen molar-refractivity contribution in [3.8, 4) is 0 Å². The molecule has 0 aliphatic rings. The molecule has 0 saturated heterocycles. The molecule has 0 saturated carbocycles. The fourth-order valence-electron chi connectivity index (χ4n) is 0.609. The zero-order valence-corrected chi connectivity index (χ0v) is 5.48. The molecule has 1 aromatic rings. The van der Waals surface area contributed by atoms with E-state index in [-0.39, 0.29) is 0 Å². The smallest absolute Gasteiger partial charge is 0.219 e. The molecule has 0 bridgehead atoms. The van der Waals surface area contributed by atoms with Gasteiger partial charge in [0.15, 0.2) is 0 Å². The van der Waals surface area contributed by atoms with Gasteiger partial charge in [-0.15, -0.1) is 0 Å². The minimum atomic E-state index is -0.396. The van der Waals surface area contributed by atoms with Gasteiger partial charge in [0.05, 0.1) is 11.8 Å². The summed E-state index contributed by atoms with van der Waals surface area (Å²) in [7, 11) is 1.56. The largest absolute Gasteiger partial charge is 0.242 e. The first-order valence-electron chi connectivity index (χ1n) is 2.84. The maximum Gasteiger partial charge on any atom is 0.219 e. The molecule has 0 fully saturated rings. The predicted octanol–water partition coefficient (Wildman–Crippen LogP) is 0.922. The van der Waals surface area contributed by atoms with Gasteiger partial charge >= 0.3 is 0 Å². The second-order valence-electron chi connectivity index (χ2n) is 1.84. The number of halogens is 1. The van der Waals surface area contributed by atoms with E-state index < -0.39 is 5.95 Å². The zero-order chi connectivity index (χ0) is 6.85. The summed E-state index contributed by atoms with van der Waals surface area (Å²) in [6.45, 7) is 1.91. The first-order chi connectivity index (χ1) is 4.24. The number of hydrogen-bond donors (Lipinski definition) is 0. The molecule has 1 rings (SSSR count). The molecule has 49 valence electrons. The molecule has 0 unspecified atom stereocenters. The maximum absolute atomic E-state index is 12.4. The molecular weight excluding hydrogens is 119 g/mol. The molecule has 3 heteroatoms. The van der Waals surface area contributed by atoms with Gasteiger partial charge in [-0.05, 0) is 6.42 Å². The molecular formula is C6H8FN2. The van der Waals surface area contributed by atoms with E-state index in [1.807, 2.05) is 6.92 Å². The van der Waals surface area contributed by atoms with Crippen LogP contribution in [0.4, 0.5) is 4.39 Å². The lowest BCUT2D eigenvalue weighted by atomic mass is 10.3. The van der Waals surface area contributed by atoms with Crippen LogP contribution in [-0.4, -0.2) is 9.78 Å². The first kappa shape index (κ1) is 6.26.